The van der Waals surface area contributed by atoms with E-state index in [1.54, 1.807) is 19.2 Å². The molecule has 2 rings (SSSR count). The van der Waals surface area contributed by atoms with Crippen LogP contribution in [0, 0.1) is 13.8 Å². The lowest BCUT2D eigenvalue weighted by molar-refractivity contribution is 0.102. The quantitative estimate of drug-likeness (QED) is 0.886. The first kappa shape index (κ1) is 13.1. The maximum Gasteiger partial charge on any atom is 0.255 e. The molecule has 4 nitrogen and oxygen atoms in total. The zero-order valence-corrected chi connectivity index (χ0v) is 11.3. The SMILES string of the molecule is CNc1cc(C(=O)Nc2cccc(C)c2)cc(C)n1. The summed E-state index contributed by atoms with van der Waals surface area (Å²) in [6.45, 7) is 3.86. The second kappa shape index (κ2) is 5.52. The highest BCUT2D eigenvalue weighted by Gasteiger charge is 2.08. The Hall–Kier alpha value is -2.36. The van der Waals surface area contributed by atoms with Crippen LogP contribution in [0.15, 0.2) is 36.4 Å². The van der Waals surface area contributed by atoms with Crippen molar-refractivity contribution < 1.29 is 4.79 Å². The van der Waals surface area contributed by atoms with Crippen molar-refractivity contribution in [1.82, 2.24) is 4.98 Å². The Morgan fingerprint density at radius 3 is 2.63 bits per heavy atom. The van der Waals surface area contributed by atoms with Gasteiger partial charge >= 0.3 is 0 Å². The average Bonchev–Trinajstić information content (AvgIpc) is 2.38. The Labute approximate surface area is 112 Å². The van der Waals surface area contributed by atoms with Gasteiger partial charge in [0.15, 0.2) is 0 Å². The molecule has 0 aliphatic rings. The molecule has 1 heterocycles. The predicted molar refractivity (Wildman–Crippen MR) is 77.7 cm³/mol. The zero-order chi connectivity index (χ0) is 13.8. The van der Waals surface area contributed by atoms with Gasteiger partial charge in [-0.3, -0.25) is 4.79 Å². The fraction of sp³-hybridized carbons (Fsp3) is 0.200. The van der Waals surface area contributed by atoms with Gasteiger partial charge in [0.25, 0.3) is 5.91 Å². The summed E-state index contributed by atoms with van der Waals surface area (Å²) in [4.78, 5) is 16.4. The van der Waals surface area contributed by atoms with E-state index in [2.05, 4.69) is 15.6 Å². The highest BCUT2D eigenvalue weighted by atomic mass is 16.1. The zero-order valence-electron chi connectivity index (χ0n) is 11.3. The molecular formula is C15H17N3O. The van der Waals surface area contributed by atoms with Crippen molar-refractivity contribution in [2.75, 3.05) is 17.7 Å². The van der Waals surface area contributed by atoms with E-state index in [9.17, 15) is 4.79 Å². The predicted octanol–water partition coefficient (Wildman–Crippen LogP) is 2.99. The molecule has 98 valence electrons. The number of carbonyl (C=O) groups excluding carboxylic acids is 1. The number of anilines is 2. The van der Waals surface area contributed by atoms with E-state index in [0.717, 1.165) is 16.9 Å². The van der Waals surface area contributed by atoms with Gasteiger partial charge in [-0.15, -0.1) is 0 Å². The molecule has 4 heteroatoms. The first-order valence-electron chi connectivity index (χ1n) is 6.13. The van der Waals surface area contributed by atoms with Gasteiger partial charge in [0.2, 0.25) is 0 Å². The number of nitrogens with one attached hydrogen (secondary N) is 2. The number of pyridine rings is 1. The molecule has 0 radical (unpaired) electrons. The van der Waals surface area contributed by atoms with Crippen molar-refractivity contribution in [2.45, 2.75) is 13.8 Å². The van der Waals surface area contributed by atoms with Gasteiger partial charge in [0, 0.05) is 24.0 Å². The summed E-state index contributed by atoms with van der Waals surface area (Å²) < 4.78 is 0. The second-order valence-corrected chi connectivity index (χ2v) is 4.46. The summed E-state index contributed by atoms with van der Waals surface area (Å²) in [5, 5.41) is 5.83. The Balaban J connectivity index is 2.22. The number of aryl methyl sites for hydroxylation is 2. The molecule has 0 spiro atoms. The molecule has 0 aliphatic heterocycles. The van der Waals surface area contributed by atoms with Crippen LogP contribution in [-0.4, -0.2) is 17.9 Å². The lowest BCUT2D eigenvalue weighted by Gasteiger charge is -2.08. The molecule has 0 fully saturated rings. The van der Waals surface area contributed by atoms with Crippen LogP contribution in [0.5, 0.6) is 0 Å². The number of rotatable bonds is 3. The number of hydrogen-bond donors (Lipinski definition) is 2. The molecule has 1 amide bonds. The van der Waals surface area contributed by atoms with Gasteiger partial charge < -0.3 is 10.6 Å². The average molecular weight is 255 g/mol. The van der Waals surface area contributed by atoms with Gasteiger partial charge in [0.05, 0.1) is 0 Å². The minimum Gasteiger partial charge on any atom is -0.373 e. The fourth-order valence-electron chi connectivity index (χ4n) is 1.85. The lowest BCUT2D eigenvalue weighted by Crippen LogP contribution is -2.13. The molecule has 19 heavy (non-hydrogen) atoms. The Bertz CT molecular complexity index is 608. The molecule has 2 N–H and O–H groups in total. The normalized spacial score (nSPS) is 10.1. The summed E-state index contributed by atoms with van der Waals surface area (Å²) >= 11 is 0. The topological polar surface area (TPSA) is 54.0 Å². The summed E-state index contributed by atoms with van der Waals surface area (Å²) in [6, 6.07) is 11.2. The van der Waals surface area contributed by atoms with Crippen molar-refractivity contribution >= 4 is 17.4 Å². The third kappa shape index (κ3) is 3.31. The number of benzene rings is 1. The van der Waals surface area contributed by atoms with Crippen molar-refractivity contribution in [3.8, 4) is 0 Å². The maximum atomic E-state index is 12.2. The van der Waals surface area contributed by atoms with Crippen LogP contribution in [0.3, 0.4) is 0 Å². The van der Waals surface area contributed by atoms with Gasteiger partial charge in [0.1, 0.15) is 5.82 Å². The molecule has 0 unspecified atom stereocenters. The molecule has 1 aromatic heterocycles. The molecule has 1 aromatic carbocycles. The van der Waals surface area contributed by atoms with E-state index >= 15 is 0 Å². The molecule has 0 saturated carbocycles. The van der Waals surface area contributed by atoms with E-state index in [0.29, 0.717) is 11.4 Å². The summed E-state index contributed by atoms with van der Waals surface area (Å²) in [5.74, 6) is 0.557. The van der Waals surface area contributed by atoms with Crippen molar-refractivity contribution in [1.29, 1.82) is 0 Å². The number of aromatic nitrogens is 1. The second-order valence-electron chi connectivity index (χ2n) is 4.46. The van der Waals surface area contributed by atoms with E-state index in [-0.39, 0.29) is 5.91 Å². The molecular weight excluding hydrogens is 238 g/mol. The van der Waals surface area contributed by atoms with Gasteiger partial charge in [-0.1, -0.05) is 12.1 Å². The van der Waals surface area contributed by atoms with Gasteiger partial charge in [-0.25, -0.2) is 4.98 Å². The van der Waals surface area contributed by atoms with Gasteiger partial charge in [-0.05, 0) is 43.7 Å². The highest BCUT2D eigenvalue weighted by Crippen LogP contribution is 2.14. The first-order chi connectivity index (χ1) is 9.08. The van der Waals surface area contributed by atoms with Crippen molar-refractivity contribution in [3.63, 3.8) is 0 Å². The third-order valence-electron chi connectivity index (χ3n) is 2.75. The van der Waals surface area contributed by atoms with Crippen LogP contribution >= 0.6 is 0 Å². The van der Waals surface area contributed by atoms with Crippen molar-refractivity contribution in [3.05, 3.63) is 53.2 Å². The first-order valence-corrected chi connectivity index (χ1v) is 6.13. The van der Waals surface area contributed by atoms with Crippen LogP contribution in [0.2, 0.25) is 0 Å². The fourth-order valence-corrected chi connectivity index (χ4v) is 1.85. The molecule has 0 bridgehead atoms. The smallest absolute Gasteiger partial charge is 0.255 e. The molecule has 0 atom stereocenters. The van der Waals surface area contributed by atoms with Crippen molar-refractivity contribution in [2.24, 2.45) is 0 Å². The lowest BCUT2D eigenvalue weighted by atomic mass is 10.2. The minimum absolute atomic E-state index is 0.132. The van der Waals surface area contributed by atoms with E-state index < -0.39 is 0 Å². The Morgan fingerprint density at radius 1 is 1.16 bits per heavy atom. The number of amides is 1. The largest absolute Gasteiger partial charge is 0.373 e. The molecule has 0 aliphatic carbocycles. The Morgan fingerprint density at radius 2 is 1.95 bits per heavy atom. The summed E-state index contributed by atoms with van der Waals surface area (Å²) in [6.07, 6.45) is 0. The van der Waals surface area contributed by atoms with Crippen LogP contribution in [-0.2, 0) is 0 Å². The maximum absolute atomic E-state index is 12.2. The highest BCUT2D eigenvalue weighted by molar-refractivity contribution is 6.04. The standard InChI is InChI=1S/C15H17N3O/c1-10-5-4-6-13(7-10)18-15(19)12-8-11(2)17-14(9-12)16-3/h4-9H,1-3H3,(H,16,17)(H,18,19). The number of nitrogens with zero attached hydrogens (tertiary/aromatic N) is 1. The van der Waals surface area contributed by atoms with Crippen LogP contribution in [0.1, 0.15) is 21.6 Å². The van der Waals surface area contributed by atoms with E-state index in [1.807, 2.05) is 38.1 Å². The van der Waals surface area contributed by atoms with Gasteiger partial charge in [-0.2, -0.15) is 0 Å². The molecule has 0 saturated heterocycles. The molecule has 2 aromatic rings. The third-order valence-corrected chi connectivity index (χ3v) is 2.75. The minimum atomic E-state index is -0.132. The van der Waals surface area contributed by atoms with Crippen LogP contribution < -0.4 is 10.6 Å². The number of carbonyl (C=O) groups is 1. The van der Waals surface area contributed by atoms with E-state index in [4.69, 9.17) is 0 Å². The number of hydrogen-bond acceptors (Lipinski definition) is 3. The van der Waals surface area contributed by atoms with E-state index in [1.165, 1.54) is 0 Å². The summed E-state index contributed by atoms with van der Waals surface area (Å²) in [5.41, 5.74) is 3.31. The Kier molecular flexibility index (Phi) is 3.80. The van der Waals surface area contributed by atoms with Crippen LogP contribution in [0.4, 0.5) is 11.5 Å². The monoisotopic (exact) mass is 255 g/mol. The summed E-state index contributed by atoms with van der Waals surface area (Å²) in [7, 11) is 1.78. The van der Waals surface area contributed by atoms with Crippen LogP contribution in [0.25, 0.3) is 0 Å².